The van der Waals surface area contributed by atoms with Crippen LogP contribution in [0.25, 0.3) is 10.9 Å². The molecule has 2 aliphatic rings. The molecule has 0 atom stereocenters. The quantitative estimate of drug-likeness (QED) is 0.513. The van der Waals surface area contributed by atoms with Gasteiger partial charge >= 0.3 is 0 Å². The second kappa shape index (κ2) is 6.23. The maximum atomic E-state index is 14.5. The molecule has 1 aromatic heterocycles. The first-order valence-electron chi connectivity index (χ1n) is 8.17. The third kappa shape index (κ3) is 2.64. The van der Waals surface area contributed by atoms with Crippen molar-refractivity contribution in [1.82, 2.24) is 4.98 Å². The molecule has 136 valence electrons. The molecule has 0 saturated heterocycles. The predicted molar refractivity (Wildman–Crippen MR) is 105 cm³/mol. The summed E-state index contributed by atoms with van der Waals surface area (Å²) in [6, 6.07) is 6.36. The lowest BCUT2D eigenvalue weighted by Gasteiger charge is -2.36. The van der Waals surface area contributed by atoms with Crippen molar-refractivity contribution in [2.24, 2.45) is 0 Å². The van der Waals surface area contributed by atoms with Crippen LogP contribution < -0.4 is 14.9 Å². The van der Waals surface area contributed by atoms with E-state index in [-0.39, 0.29) is 11.6 Å². The molecule has 4 nitrogen and oxygen atoms in total. The summed E-state index contributed by atoms with van der Waals surface area (Å²) in [6.07, 6.45) is 1.72. The number of methoxy groups -OCH3 is 1. The Balaban J connectivity index is 1.73. The molecule has 0 amide bonds. The van der Waals surface area contributed by atoms with Gasteiger partial charge in [-0.25, -0.2) is 8.78 Å². The molecule has 27 heavy (non-hydrogen) atoms. The van der Waals surface area contributed by atoms with Crippen molar-refractivity contribution < 1.29 is 18.3 Å². The third-order valence-corrected chi connectivity index (χ3v) is 6.38. The van der Waals surface area contributed by atoms with Crippen LogP contribution in [0.4, 0.5) is 14.5 Å². The van der Waals surface area contributed by atoms with Gasteiger partial charge in [0.05, 0.1) is 31.5 Å². The fourth-order valence-corrected chi connectivity index (χ4v) is 5.21. The fraction of sp³-hybridized carbons (Fsp3) is 0.158. The van der Waals surface area contributed by atoms with E-state index in [1.807, 2.05) is 11.0 Å². The van der Waals surface area contributed by atoms with Gasteiger partial charge in [0.2, 0.25) is 0 Å². The van der Waals surface area contributed by atoms with Crippen molar-refractivity contribution in [2.75, 3.05) is 12.0 Å². The van der Waals surface area contributed by atoms with E-state index in [2.05, 4.69) is 20.9 Å². The van der Waals surface area contributed by atoms with Gasteiger partial charge in [-0.05, 0) is 26.4 Å². The molecule has 0 radical (unpaired) electrons. The molecule has 5 rings (SSSR count). The lowest BCUT2D eigenvalue weighted by Crippen LogP contribution is -2.40. The molecule has 0 N–H and O–H groups in total. The highest BCUT2D eigenvalue weighted by atomic mass is 79.9. The zero-order valence-corrected chi connectivity index (χ0v) is 16.6. The van der Waals surface area contributed by atoms with E-state index >= 15 is 0 Å². The van der Waals surface area contributed by atoms with Crippen LogP contribution >= 0.6 is 24.1 Å². The van der Waals surface area contributed by atoms with Crippen molar-refractivity contribution in [3.63, 3.8) is 0 Å². The number of aromatic nitrogens is 1. The van der Waals surface area contributed by atoms with Crippen molar-refractivity contribution in [1.29, 1.82) is 0 Å². The Bertz CT molecular complexity index is 1150. The number of pyridine rings is 1. The van der Waals surface area contributed by atoms with E-state index in [0.29, 0.717) is 39.7 Å². The molecule has 8 heteroatoms. The fourth-order valence-electron chi connectivity index (χ4n) is 3.46. The molecule has 0 aliphatic carbocycles. The van der Waals surface area contributed by atoms with E-state index < -0.39 is 5.82 Å². The largest absolute Gasteiger partial charge is 0.494 e. The molecular formula is C19H12BrF2N2O2P. The predicted octanol–water partition coefficient (Wildman–Crippen LogP) is 4.49. The first-order chi connectivity index (χ1) is 13.0. The van der Waals surface area contributed by atoms with Gasteiger partial charge in [-0.1, -0.05) is 15.9 Å². The van der Waals surface area contributed by atoms with E-state index in [0.717, 1.165) is 24.8 Å². The highest BCUT2D eigenvalue weighted by Crippen LogP contribution is 2.40. The van der Waals surface area contributed by atoms with Gasteiger partial charge in [0, 0.05) is 38.6 Å². The molecule has 2 aromatic carbocycles. The van der Waals surface area contributed by atoms with Crippen LogP contribution in [0.3, 0.4) is 0 Å². The Kier molecular flexibility index (Phi) is 3.93. The Hall–Kier alpha value is -2.08. The van der Waals surface area contributed by atoms with Crippen LogP contribution in [0.2, 0.25) is 0 Å². The average molecular weight is 449 g/mol. The second-order valence-corrected chi connectivity index (χ2v) is 8.29. The molecule has 0 fully saturated rings. The van der Waals surface area contributed by atoms with E-state index in [9.17, 15) is 8.78 Å². The van der Waals surface area contributed by atoms with Gasteiger partial charge in [0.1, 0.15) is 5.82 Å². The van der Waals surface area contributed by atoms with Gasteiger partial charge in [0.25, 0.3) is 0 Å². The second-order valence-electron chi connectivity index (χ2n) is 6.29. The van der Waals surface area contributed by atoms with E-state index in [1.165, 1.54) is 19.2 Å². The molecular weight excluding hydrogens is 437 g/mol. The monoisotopic (exact) mass is 448 g/mol. The first kappa shape index (κ1) is 17.0. The van der Waals surface area contributed by atoms with Crippen LogP contribution in [0, 0.1) is 11.6 Å². The van der Waals surface area contributed by atoms with Crippen LogP contribution in [0.5, 0.6) is 5.75 Å². The number of fused-ring (bicyclic) bond motifs is 6. The molecule has 0 unspecified atom stereocenters. The number of hydrogen-bond donors (Lipinski definition) is 0. The lowest BCUT2D eigenvalue weighted by atomic mass is 10.1. The summed E-state index contributed by atoms with van der Waals surface area (Å²) in [5.74, 6) is -0.591. The van der Waals surface area contributed by atoms with Gasteiger partial charge in [-0.3, -0.25) is 4.98 Å². The van der Waals surface area contributed by atoms with E-state index in [4.69, 9.17) is 9.47 Å². The number of rotatable bonds is 1. The Morgan fingerprint density at radius 3 is 2.89 bits per heavy atom. The van der Waals surface area contributed by atoms with Crippen LogP contribution in [0.1, 0.15) is 11.1 Å². The molecule has 0 bridgehead atoms. The van der Waals surface area contributed by atoms with Crippen LogP contribution in [-0.4, -0.2) is 17.7 Å². The normalized spacial score (nSPS) is 15.7. The third-order valence-electron chi connectivity index (χ3n) is 4.72. The summed E-state index contributed by atoms with van der Waals surface area (Å²) in [5.41, 5.74) is 3.58. The molecule has 0 spiro atoms. The Morgan fingerprint density at radius 1 is 1.22 bits per heavy atom. The summed E-state index contributed by atoms with van der Waals surface area (Å²) < 4.78 is 40.6. The van der Waals surface area contributed by atoms with Gasteiger partial charge in [-0.15, -0.1) is 0 Å². The maximum Gasteiger partial charge on any atom is 0.176 e. The van der Waals surface area contributed by atoms with Gasteiger partial charge in [0.15, 0.2) is 17.2 Å². The summed E-state index contributed by atoms with van der Waals surface area (Å²) >= 11 is 3.34. The smallest absolute Gasteiger partial charge is 0.176 e. The number of anilines is 1. The average Bonchev–Trinajstić information content (AvgIpc) is 2.65. The minimum absolute atomic E-state index is 0.143. The standard InChI is InChI=1S/C19H12BrF2N2O2P/c1-25-16-5-15-11(4-14(16)22)18-9(6-23-15)8-26-19-24(18)7-12-13(21)2-10(20)3-17(12)27-19/h2-6H,7-8H2,1H3. The number of hydrogen-bond acceptors (Lipinski definition) is 4. The number of benzene rings is 2. The maximum absolute atomic E-state index is 14.5. The Labute approximate surface area is 163 Å². The van der Waals surface area contributed by atoms with Crippen molar-refractivity contribution in [2.45, 2.75) is 13.2 Å². The SMILES string of the molecule is COc1cc2ncc3c(c2cc1F)N1Cc2c(F)cc(Br)cc2P=C1OC3. The van der Waals surface area contributed by atoms with Gasteiger partial charge < -0.3 is 14.4 Å². The van der Waals surface area contributed by atoms with Crippen molar-refractivity contribution >= 4 is 51.6 Å². The van der Waals surface area contributed by atoms with Crippen LogP contribution in [0.15, 0.2) is 34.9 Å². The highest BCUT2D eigenvalue weighted by molar-refractivity contribution is 9.10. The lowest BCUT2D eigenvalue weighted by molar-refractivity contribution is 0.283. The molecule has 3 heterocycles. The number of halogens is 3. The summed E-state index contributed by atoms with van der Waals surface area (Å²) in [5, 5.41) is 1.52. The molecule has 2 aliphatic heterocycles. The Morgan fingerprint density at radius 2 is 2.07 bits per heavy atom. The topological polar surface area (TPSA) is 34.6 Å². The van der Waals surface area contributed by atoms with Crippen molar-refractivity contribution in [3.05, 3.63) is 57.7 Å². The van der Waals surface area contributed by atoms with E-state index in [1.54, 1.807) is 12.3 Å². The summed E-state index contributed by atoms with van der Waals surface area (Å²) in [6.45, 7) is 0.660. The van der Waals surface area contributed by atoms with Gasteiger partial charge in [-0.2, -0.15) is 0 Å². The van der Waals surface area contributed by atoms with Crippen molar-refractivity contribution in [3.8, 4) is 5.75 Å². The molecule has 3 aromatic rings. The minimum atomic E-state index is -0.460. The highest BCUT2D eigenvalue weighted by Gasteiger charge is 2.31. The zero-order chi connectivity index (χ0) is 18.7. The minimum Gasteiger partial charge on any atom is -0.494 e. The number of ether oxygens (including phenoxy) is 2. The first-order valence-corrected chi connectivity index (χ1v) is 9.86. The number of nitrogens with zero attached hydrogens (tertiary/aromatic N) is 2. The van der Waals surface area contributed by atoms with Crippen LogP contribution in [-0.2, 0) is 17.9 Å². The summed E-state index contributed by atoms with van der Waals surface area (Å²) in [7, 11) is 2.20. The molecule has 0 saturated carbocycles. The summed E-state index contributed by atoms with van der Waals surface area (Å²) in [4.78, 5) is 6.32. The zero-order valence-electron chi connectivity index (χ0n) is 14.1.